The van der Waals surface area contributed by atoms with Crippen LogP contribution in [-0.4, -0.2) is 18.0 Å². The first-order valence-electron chi connectivity index (χ1n) is 2.05. The Balaban J connectivity index is 2.71. The normalized spacial score (nSPS) is 29.6. The molecule has 0 saturated heterocycles. The third-order valence-corrected chi connectivity index (χ3v) is 1.67. The van der Waals surface area contributed by atoms with Crippen molar-refractivity contribution in [3.8, 4) is 0 Å². The van der Waals surface area contributed by atoms with Crippen LogP contribution in [0.3, 0.4) is 0 Å². The molecule has 8 heavy (non-hydrogen) atoms. The van der Waals surface area contributed by atoms with E-state index < -0.39 is 6.29 Å². The fourth-order valence-corrected chi connectivity index (χ4v) is 0.702. The first-order chi connectivity index (χ1) is 3.72. The molecule has 0 saturated carbocycles. The van der Waals surface area contributed by atoms with Gasteiger partial charge in [-0.3, -0.25) is 0 Å². The van der Waals surface area contributed by atoms with Crippen molar-refractivity contribution in [3.05, 3.63) is 10.1 Å². The molecule has 2 nitrogen and oxygen atoms in total. The zero-order valence-corrected chi connectivity index (χ0v) is 5.41. The van der Waals surface area contributed by atoms with E-state index in [1.807, 2.05) is 0 Å². The molecule has 0 aromatic carbocycles. The van der Waals surface area contributed by atoms with Gasteiger partial charge in [0.15, 0.2) is 6.29 Å². The predicted molar refractivity (Wildman–Crippen MR) is 30.7 cm³/mol. The molecule has 0 fully saturated rings. The summed E-state index contributed by atoms with van der Waals surface area (Å²) in [6, 6.07) is 0. The molecule has 0 bridgehead atoms. The molecular weight excluding hydrogens is 151 g/mol. The molecule has 0 aliphatic carbocycles. The lowest BCUT2D eigenvalue weighted by Gasteiger charge is -1.97. The lowest BCUT2D eigenvalue weighted by Crippen LogP contribution is -2.03. The van der Waals surface area contributed by atoms with Gasteiger partial charge in [-0.2, -0.15) is 0 Å². The number of ether oxygens (including phenoxy) is 1. The number of hydrogen-bond donors (Lipinski definition) is 1. The fraction of sp³-hybridized carbons (Fsp3) is 0.500. The van der Waals surface area contributed by atoms with Gasteiger partial charge in [0.1, 0.15) is 0 Å². The smallest absolute Gasteiger partial charge is 0.193 e. The van der Waals surface area contributed by atoms with Crippen LogP contribution in [-0.2, 0) is 4.74 Å². The number of rotatable bonds is 0. The van der Waals surface area contributed by atoms with Gasteiger partial charge >= 0.3 is 0 Å². The van der Waals surface area contributed by atoms with E-state index in [1.54, 1.807) is 0 Å². The van der Waals surface area contributed by atoms with Crippen LogP contribution in [0.2, 0.25) is 0 Å². The number of halogens is 2. The van der Waals surface area contributed by atoms with Crippen molar-refractivity contribution in [2.24, 2.45) is 0 Å². The third kappa shape index (κ3) is 0.977. The largest absolute Gasteiger partial charge is 0.363 e. The highest BCUT2D eigenvalue weighted by Crippen LogP contribution is 2.25. The van der Waals surface area contributed by atoms with Crippen molar-refractivity contribution < 1.29 is 9.84 Å². The molecule has 0 spiro atoms. The second kappa shape index (κ2) is 2.23. The summed E-state index contributed by atoms with van der Waals surface area (Å²) in [4.78, 5) is 0. The van der Waals surface area contributed by atoms with Gasteiger partial charge in [0.2, 0.25) is 0 Å². The lowest BCUT2D eigenvalue weighted by molar-refractivity contribution is -0.0414. The molecular formula is C4H4Cl2O2. The molecule has 1 heterocycles. The molecule has 1 aliphatic rings. The fourth-order valence-electron chi connectivity index (χ4n) is 0.428. The van der Waals surface area contributed by atoms with Crippen molar-refractivity contribution in [3.63, 3.8) is 0 Å². The van der Waals surface area contributed by atoms with Gasteiger partial charge in [0.05, 0.1) is 16.7 Å². The van der Waals surface area contributed by atoms with E-state index in [1.165, 1.54) is 0 Å². The van der Waals surface area contributed by atoms with E-state index in [4.69, 9.17) is 28.3 Å². The molecule has 1 unspecified atom stereocenters. The number of aliphatic hydroxyl groups is 1. The monoisotopic (exact) mass is 154 g/mol. The van der Waals surface area contributed by atoms with Crippen molar-refractivity contribution in [2.75, 3.05) is 6.61 Å². The second-order valence-electron chi connectivity index (χ2n) is 1.42. The first-order valence-corrected chi connectivity index (χ1v) is 2.81. The van der Waals surface area contributed by atoms with Gasteiger partial charge < -0.3 is 9.84 Å². The van der Waals surface area contributed by atoms with E-state index in [-0.39, 0.29) is 11.6 Å². The van der Waals surface area contributed by atoms with Crippen molar-refractivity contribution in [1.29, 1.82) is 0 Å². The summed E-state index contributed by atoms with van der Waals surface area (Å²) in [5.74, 6) is 0. The third-order valence-electron chi connectivity index (χ3n) is 0.844. The van der Waals surface area contributed by atoms with Gasteiger partial charge in [-0.1, -0.05) is 23.2 Å². The van der Waals surface area contributed by atoms with Crippen LogP contribution in [0.15, 0.2) is 10.1 Å². The quantitative estimate of drug-likeness (QED) is 0.565. The van der Waals surface area contributed by atoms with Gasteiger partial charge in [-0.25, -0.2) is 0 Å². The Morgan fingerprint density at radius 1 is 1.62 bits per heavy atom. The van der Waals surface area contributed by atoms with E-state index in [0.717, 1.165) is 0 Å². The summed E-state index contributed by atoms with van der Waals surface area (Å²) < 4.78 is 4.59. The Bertz CT molecular complexity index is 132. The van der Waals surface area contributed by atoms with Crippen LogP contribution < -0.4 is 0 Å². The maximum Gasteiger partial charge on any atom is 0.193 e. The van der Waals surface area contributed by atoms with Crippen molar-refractivity contribution >= 4 is 23.2 Å². The highest BCUT2D eigenvalue weighted by Gasteiger charge is 2.20. The SMILES string of the molecule is OC1OCC(Cl)=C1Cl. The Hall–Kier alpha value is 0.240. The van der Waals surface area contributed by atoms with Gasteiger partial charge in [0, 0.05) is 0 Å². The summed E-state index contributed by atoms with van der Waals surface area (Å²) in [6.07, 6.45) is -0.996. The molecule has 0 aromatic rings. The van der Waals surface area contributed by atoms with Crippen LogP contribution in [0.5, 0.6) is 0 Å². The Labute approximate surface area is 56.7 Å². The average molecular weight is 155 g/mol. The molecule has 1 N–H and O–H groups in total. The second-order valence-corrected chi connectivity index (χ2v) is 2.28. The molecule has 4 heteroatoms. The minimum atomic E-state index is -0.996. The maximum atomic E-state index is 8.67. The van der Waals surface area contributed by atoms with Gasteiger partial charge in [-0.05, 0) is 0 Å². The molecule has 0 amide bonds. The van der Waals surface area contributed by atoms with E-state index >= 15 is 0 Å². The average Bonchev–Trinajstić information content (AvgIpc) is 1.98. The van der Waals surface area contributed by atoms with E-state index in [9.17, 15) is 0 Å². The maximum absolute atomic E-state index is 8.67. The van der Waals surface area contributed by atoms with Gasteiger partial charge in [-0.15, -0.1) is 0 Å². The standard InChI is InChI=1S/C4H4Cl2O2/c5-2-1-8-4(7)3(2)6/h4,7H,1H2. The molecule has 46 valence electrons. The highest BCUT2D eigenvalue weighted by atomic mass is 35.5. The molecule has 1 aliphatic heterocycles. The molecule has 0 aromatic heterocycles. The lowest BCUT2D eigenvalue weighted by atomic mass is 10.5. The van der Waals surface area contributed by atoms with E-state index in [0.29, 0.717) is 5.03 Å². The summed E-state index contributed by atoms with van der Waals surface area (Å²) in [6.45, 7) is 0.224. The van der Waals surface area contributed by atoms with Crippen LogP contribution in [0.4, 0.5) is 0 Å². The van der Waals surface area contributed by atoms with Crippen molar-refractivity contribution in [1.82, 2.24) is 0 Å². The predicted octanol–water partition coefficient (Wildman–Crippen LogP) is 1.02. The zero-order valence-electron chi connectivity index (χ0n) is 3.90. The van der Waals surface area contributed by atoms with Crippen molar-refractivity contribution in [2.45, 2.75) is 6.29 Å². The minimum Gasteiger partial charge on any atom is -0.363 e. The minimum absolute atomic E-state index is 0.201. The van der Waals surface area contributed by atoms with Crippen LogP contribution in [0.25, 0.3) is 0 Å². The van der Waals surface area contributed by atoms with Crippen LogP contribution in [0.1, 0.15) is 0 Å². The Morgan fingerprint density at radius 3 is 2.38 bits per heavy atom. The Kier molecular flexibility index (Phi) is 1.77. The number of hydrogen-bond acceptors (Lipinski definition) is 2. The topological polar surface area (TPSA) is 29.5 Å². The highest BCUT2D eigenvalue weighted by molar-refractivity contribution is 6.39. The van der Waals surface area contributed by atoms with E-state index in [2.05, 4.69) is 4.74 Å². The van der Waals surface area contributed by atoms with Crippen LogP contribution in [0, 0.1) is 0 Å². The van der Waals surface area contributed by atoms with Gasteiger partial charge in [0.25, 0.3) is 0 Å². The molecule has 0 radical (unpaired) electrons. The molecule has 1 atom stereocenters. The molecule has 1 rings (SSSR count). The summed E-state index contributed by atoms with van der Waals surface area (Å²) >= 11 is 10.8. The number of aliphatic hydroxyl groups excluding tert-OH is 1. The summed E-state index contributed by atoms with van der Waals surface area (Å²) in [5.41, 5.74) is 0. The summed E-state index contributed by atoms with van der Waals surface area (Å²) in [7, 11) is 0. The summed E-state index contributed by atoms with van der Waals surface area (Å²) in [5, 5.41) is 9.26. The Morgan fingerprint density at radius 2 is 2.25 bits per heavy atom. The van der Waals surface area contributed by atoms with Crippen LogP contribution >= 0.6 is 23.2 Å². The first kappa shape index (κ1) is 6.36. The zero-order chi connectivity index (χ0) is 6.15.